The fourth-order valence-electron chi connectivity index (χ4n) is 1.82. The standard InChI is InChI=1S/C10H18N2O6S/c1-18-5-8(10(14)15)12-9(13)4-7-6-19(16,17)3-2-11-7/h7-8,11H,2-6H2,1H3,(H,12,13)(H,14,15). The maximum Gasteiger partial charge on any atom is 0.328 e. The monoisotopic (exact) mass is 294 g/mol. The van der Waals surface area contributed by atoms with Crippen molar-refractivity contribution in [1.29, 1.82) is 0 Å². The van der Waals surface area contributed by atoms with Crippen LogP contribution in [0.25, 0.3) is 0 Å². The summed E-state index contributed by atoms with van der Waals surface area (Å²) in [5.74, 6) is -1.76. The molecule has 0 saturated carbocycles. The highest BCUT2D eigenvalue weighted by Crippen LogP contribution is 2.05. The van der Waals surface area contributed by atoms with Crippen LogP contribution in [0.4, 0.5) is 0 Å². The van der Waals surface area contributed by atoms with Gasteiger partial charge in [-0.3, -0.25) is 4.79 Å². The van der Waals surface area contributed by atoms with Gasteiger partial charge in [-0.25, -0.2) is 13.2 Å². The van der Waals surface area contributed by atoms with Crippen molar-refractivity contribution >= 4 is 21.7 Å². The van der Waals surface area contributed by atoms with Gasteiger partial charge in [0.05, 0.1) is 18.1 Å². The van der Waals surface area contributed by atoms with Gasteiger partial charge in [-0.05, 0) is 0 Å². The molecule has 1 fully saturated rings. The van der Waals surface area contributed by atoms with Crippen molar-refractivity contribution in [2.75, 3.05) is 31.8 Å². The molecule has 0 bridgehead atoms. The van der Waals surface area contributed by atoms with Gasteiger partial charge in [0.2, 0.25) is 5.91 Å². The van der Waals surface area contributed by atoms with E-state index < -0.39 is 33.8 Å². The lowest BCUT2D eigenvalue weighted by Gasteiger charge is -2.23. The average Bonchev–Trinajstić information content (AvgIpc) is 2.26. The molecule has 9 heteroatoms. The molecule has 0 spiro atoms. The van der Waals surface area contributed by atoms with Crippen molar-refractivity contribution in [3.63, 3.8) is 0 Å². The Morgan fingerprint density at radius 3 is 2.74 bits per heavy atom. The number of nitrogens with one attached hydrogen (secondary N) is 2. The third-order valence-corrected chi connectivity index (χ3v) is 4.44. The van der Waals surface area contributed by atoms with Crippen molar-refractivity contribution in [3.8, 4) is 0 Å². The van der Waals surface area contributed by atoms with Crippen molar-refractivity contribution in [3.05, 3.63) is 0 Å². The number of methoxy groups -OCH3 is 1. The topological polar surface area (TPSA) is 122 Å². The Kier molecular flexibility index (Phi) is 5.70. The lowest BCUT2D eigenvalue weighted by atomic mass is 10.2. The molecule has 1 amide bonds. The summed E-state index contributed by atoms with van der Waals surface area (Å²) in [6.07, 6.45) is -0.0767. The lowest BCUT2D eigenvalue weighted by molar-refractivity contribution is -0.143. The van der Waals surface area contributed by atoms with Crippen LogP contribution in [0.1, 0.15) is 6.42 Å². The highest BCUT2D eigenvalue weighted by atomic mass is 32.2. The predicted molar refractivity (Wildman–Crippen MR) is 66.5 cm³/mol. The Balaban J connectivity index is 2.48. The van der Waals surface area contributed by atoms with Gasteiger partial charge in [-0.2, -0.15) is 0 Å². The molecule has 0 aromatic carbocycles. The van der Waals surface area contributed by atoms with Gasteiger partial charge in [0, 0.05) is 26.1 Å². The van der Waals surface area contributed by atoms with E-state index in [9.17, 15) is 18.0 Å². The molecular formula is C10H18N2O6S. The van der Waals surface area contributed by atoms with Gasteiger partial charge in [-0.15, -0.1) is 0 Å². The normalized spacial score (nSPS) is 23.5. The first-order valence-corrected chi connectivity index (χ1v) is 7.61. The molecule has 19 heavy (non-hydrogen) atoms. The first kappa shape index (κ1) is 15.9. The number of hydrogen-bond donors (Lipinski definition) is 3. The van der Waals surface area contributed by atoms with Crippen molar-refractivity contribution in [2.24, 2.45) is 0 Å². The van der Waals surface area contributed by atoms with Crippen molar-refractivity contribution < 1.29 is 27.9 Å². The summed E-state index contributed by atoms with van der Waals surface area (Å²) in [5, 5.41) is 14.1. The maximum atomic E-state index is 11.6. The molecule has 0 aliphatic carbocycles. The van der Waals surface area contributed by atoms with Crippen LogP contribution >= 0.6 is 0 Å². The summed E-state index contributed by atoms with van der Waals surface area (Å²) in [6.45, 7) is 0.165. The van der Waals surface area contributed by atoms with Crippen LogP contribution in [0.5, 0.6) is 0 Å². The van der Waals surface area contributed by atoms with Crippen LogP contribution in [0, 0.1) is 0 Å². The van der Waals surface area contributed by atoms with E-state index in [2.05, 4.69) is 15.4 Å². The molecule has 8 nitrogen and oxygen atoms in total. The Bertz CT molecular complexity index is 435. The molecule has 3 N–H and O–H groups in total. The molecule has 2 atom stereocenters. The van der Waals surface area contributed by atoms with E-state index in [1.807, 2.05) is 0 Å². The molecule has 1 aliphatic heterocycles. The van der Waals surface area contributed by atoms with Crippen LogP contribution in [0.3, 0.4) is 0 Å². The molecule has 1 aliphatic rings. The van der Waals surface area contributed by atoms with E-state index in [1.54, 1.807) is 0 Å². The van der Waals surface area contributed by atoms with Crippen molar-refractivity contribution in [1.82, 2.24) is 10.6 Å². The first-order chi connectivity index (χ1) is 8.84. The molecule has 0 aromatic heterocycles. The molecule has 1 saturated heterocycles. The number of amides is 1. The van der Waals surface area contributed by atoms with E-state index in [1.165, 1.54) is 7.11 Å². The molecule has 110 valence electrons. The minimum Gasteiger partial charge on any atom is -0.480 e. The number of ether oxygens (including phenoxy) is 1. The van der Waals surface area contributed by atoms with E-state index in [-0.39, 0.29) is 24.5 Å². The van der Waals surface area contributed by atoms with E-state index in [0.29, 0.717) is 6.54 Å². The molecular weight excluding hydrogens is 276 g/mol. The highest BCUT2D eigenvalue weighted by molar-refractivity contribution is 7.91. The summed E-state index contributed by atoms with van der Waals surface area (Å²) in [7, 11) is -1.79. The zero-order chi connectivity index (χ0) is 14.5. The van der Waals surface area contributed by atoms with Gasteiger partial charge in [0.1, 0.15) is 0 Å². The second-order valence-corrected chi connectivity index (χ2v) is 6.61. The lowest BCUT2D eigenvalue weighted by Crippen LogP contribution is -2.50. The Labute approximate surface area is 111 Å². The molecule has 1 heterocycles. The zero-order valence-electron chi connectivity index (χ0n) is 10.6. The summed E-state index contributed by atoms with van der Waals surface area (Å²) >= 11 is 0. The van der Waals surface area contributed by atoms with Crippen molar-refractivity contribution in [2.45, 2.75) is 18.5 Å². The van der Waals surface area contributed by atoms with Crippen LogP contribution in [0.15, 0.2) is 0 Å². The van der Waals surface area contributed by atoms with E-state index in [0.717, 1.165) is 0 Å². The molecule has 1 rings (SSSR count). The second kappa shape index (κ2) is 6.83. The largest absolute Gasteiger partial charge is 0.480 e. The predicted octanol–water partition coefficient (Wildman–Crippen LogP) is -2.02. The number of carbonyl (C=O) groups is 2. The minimum absolute atomic E-state index is 0.0620. The van der Waals surface area contributed by atoms with E-state index in [4.69, 9.17) is 5.11 Å². The average molecular weight is 294 g/mol. The molecule has 0 radical (unpaired) electrons. The third kappa shape index (κ3) is 5.53. The van der Waals surface area contributed by atoms with Crippen LogP contribution in [0.2, 0.25) is 0 Å². The quantitative estimate of drug-likeness (QED) is 0.517. The number of hydrogen-bond acceptors (Lipinski definition) is 6. The SMILES string of the molecule is COCC(NC(=O)CC1CS(=O)(=O)CCN1)C(=O)O. The van der Waals surface area contributed by atoms with Gasteiger partial charge < -0.3 is 20.5 Å². The fourth-order valence-corrected chi connectivity index (χ4v) is 3.26. The van der Waals surface area contributed by atoms with Gasteiger partial charge >= 0.3 is 5.97 Å². The zero-order valence-corrected chi connectivity index (χ0v) is 11.4. The minimum atomic E-state index is -3.12. The van der Waals surface area contributed by atoms with Crippen LogP contribution < -0.4 is 10.6 Å². The number of aliphatic carboxylic acids is 1. The number of carbonyl (C=O) groups excluding carboxylic acids is 1. The Hall–Kier alpha value is -1.19. The number of carboxylic acid groups (broad SMARTS) is 1. The first-order valence-electron chi connectivity index (χ1n) is 5.79. The third-order valence-electron chi connectivity index (χ3n) is 2.70. The van der Waals surface area contributed by atoms with Crippen LogP contribution in [-0.2, 0) is 24.2 Å². The summed E-state index contributed by atoms with van der Waals surface area (Å²) in [4.78, 5) is 22.5. The number of sulfone groups is 1. The Morgan fingerprint density at radius 1 is 1.53 bits per heavy atom. The van der Waals surface area contributed by atoms with Crippen LogP contribution in [-0.4, -0.2) is 69.3 Å². The van der Waals surface area contributed by atoms with Gasteiger partial charge in [-0.1, -0.05) is 0 Å². The smallest absolute Gasteiger partial charge is 0.328 e. The van der Waals surface area contributed by atoms with Gasteiger partial charge in [0.25, 0.3) is 0 Å². The number of carboxylic acids is 1. The Morgan fingerprint density at radius 2 is 2.21 bits per heavy atom. The fraction of sp³-hybridized carbons (Fsp3) is 0.800. The van der Waals surface area contributed by atoms with E-state index >= 15 is 0 Å². The summed E-state index contributed by atoms with van der Waals surface area (Å²) in [6, 6.07) is -1.60. The molecule has 0 aromatic rings. The second-order valence-electron chi connectivity index (χ2n) is 4.38. The van der Waals surface area contributed by atoms with Gasteiger partial charge in [0.15, 0.2) is 15.9 Å². The number of rotatable bonds is 6. The maximum absolute atomic E-state index is 11.6. The highest BCUT2D eigenvalue weighted by Gasteiger charge is 2.27. The summed E-state index contributed by atoms with van der Waals surface area (Å²) in [5.41, 5.74) is 0. The summed E-state index contributed by atoms with van der Waals surface area (Å²) < 4.78 is 27.5. The molecule has 2 unspecified atom stereocenters.